The molecule has 0 saturated heterocycles. The number of carbonyl (C=O) groups is 1. The number of halogens is 1. The molecule has 1 aliphatic carbocycles. The number of methoxy groups -OCH3 is 1. The molecule has 0 aromatic heterocycles. The van der Waals surface area contributed by atoms with Gasteiger partial charge in [0.25, 0.3) is 0 Å². The Bertz CT molecular complexity index is 1040. The second-order valence-corrected chi connectivity index (χ2v) is 9.74. The van der Waals surface area contributed by atoms with Crippen LogP contribution in [-0.4, -0.2) is 37.6 Å². The van der Waals surface area contributed by atoms with Gasteiger partial charge < -0.3 is 14.2 Å². The van der Waals surface area contributed by atoms with Gasteiger partial charge in [-0.2, -0.15) is 0 Å². The van der Waals surface area contributed by atoms with Gasteiger partial charge in [0, 0.05) is 18.6 Å². The number of hydrogen-bond acceptors (Lipinski definition) is 4. The molecule has 0 heterocycles. The van der Waals surface area contributed by atoms with Gasteiger partial charge in [-0.3, -0.25) is 4.79 Å². The molecule has 1 aliphatic rings. The molecule has 5 nitrogen and oxygen atoms in total. The van der Waals surface area contributed by atoms with Crippen molar-refractivity contribution >= 4 is 11.6 Å². The summed E-state index contributed by atoms with van der Waals surface area (Å²) in [4.78, 5) is 17.2. The van der Waals surface area contributed by atoms with Gasteiger partial charge in [0.2, 0.25) is 5.91 Å². The number of nitrogens with zero attached hydrogens (tertiary/aromatic N) is 1. The summed E-state index contributed by atoms with van der Waals surface area (Å²) in [6, 6.07) is 15.2. The van der Waals surface area contributed by atoms with Gasteiger partial charge in [0.15, 0.2) is 0 Å². The van der Waals surface area contributed by atoms with Crippen LogP contribution in [0.3, 0.4) is 0 Å². The predicted molar refractivity (Wildman–Crippen MR) is 151 cm³/mol. The third-order valence-electron chi connectivity index (χ3n) is 6.77. The summed E-state index contributed by atoms with van der Waals surface area (Å²) >= 11 is 0. The molecule has 2 atom stereocenters. The van der Waals surface area contributed by atoms with E-state index in [-0.39, 0.29) is 12.0 Å². The Hall–Kier alpha value is -3.41. The third kappa shape index (κ3) is 10.2. The largest absolute Gasteiger partial charge is 0.497 e. The molecule has 38 heavy (non-hydrogen) atoms. The Morgan fingerprint density at radius 2 is 1.68 bits per heavy atom. The van der Waals surface area contributed by atoms with Crippen molar-refractivity contribution < 1.29 is 23.4 Å². The minimum atomic E-state index is -0.655. The Labute approximate surface area is 226 Å². The molecule has 6 heteroatoms. The first-order chi connectivity index (χ1) is 18.5. The van der Waals surface area contributed by atoms with Crippen molar-refractivity contribution in [3.63, 3.8) is 0 Å². The summed E-state index contributed by atoms with van der Waals surface area (Å²) in [7, 11) is 1.62. The van der Waals surface area contributed by atoms with Gasteiger partial charge in [-0.05, 0) is 105 Å². The lowest BCUT2D eigenvalue weighted by molar-refractivity contribution is -0.118. The lowest BCUT2D eigenvalue weighted by Crippen LogP contribution is -2.10. The minimum absolute atomic E-state index is 0.136. The molecule has 204 valence electrons. The number of rotatable bonds is 16. The van der Waals surface area contributed by atoms with Gasteiger partial charge >= 0.3 is 0 Å². The maximum absolute atomic E-state index is 13.6. The summed E-state index contributed by atoms with van der Waals surface area (Å²) in [5, 5.41) is 0. The van der Waals surface area contributed by atoms with E-state index in [1.807, 2.05) is 48.5 Å². The highest BCUT2D eigenvalue weighted by Gasteiger charge is 2.23. The quantitative estimate of drug-likeness (QED) is 0.130. The SMILES string of the molecule is C=CC(C=C)Oc1ccc(CC(CCCC2CC[C@@H](F)C2)=NC(=O)CCCOc2ccc(OC)cc2)cc1. The van der Waals surface area contributed by atoms with Crippen LogP contribution in [0.25, 0.3) is 0 Å². The highest BCUT2D eigenvalue weighted by Crippen LogP contribution is 2.31. The smallest absolute Gasteiger partial charge is 0.245 e. The van der Waals surface area contributed by atoms with Crippen LogP contribution >= 0.6 is 0 Å². The standard InChI is InChI=1S/C32H40FNO4/c1-4-28(5-2)38-31-15-12-25(13-16-31)23-27(9-6-8-24-11-14-26(33)22-24)34-32(35)10-7-21-37-30-19-17-29(36-3)18-20-30/h4-5,12-13,15-20,24,26,28H,1-2,6-11,14,21-23H2,3H3/t24?,26-/m1/s1. The maximum Gasteiger partial charge on any atom is 0.245 e. The van der Waals surface area contributed by atoms with E-state index in [1.54, 1.807) is 19.3 Å². The summed E-state index contributed by atoms with van der Waals surface area (Å²) in [6.45, 7) is 7.93. The molecular weight excluding hydrogens is 481 g/mol. The Morgan fingerprint density at radius 3 is 2.32 bits per heavy atom. The summed E-state index contributed by atoms with van der Waals surface area (Å²) in [5.41, 5.74) is 1.93. The molecule has 0 N–H and O–H groups in total. The average molecular weight is 522 g/mol. The van der Waals surface area contributed by atoms with Gasteiger partial charge in [-0.15, -0.1) is 0 Å². The second-order valence-electron chi connectivity index (χ2n) is 9.74. The van der Waals surface area contributed by atoms with Crippen LogP contribution in [0, 0.1) is 5.92 Å². The number of ether oxygens (including phenoxy) is 3. The van der Waals surface area contributed by atoms with Gasteiger partial charge in [0.05, 0.1) is 13.7 Å². The molecule has 1 amide bonds. The Kier molecular flexibility index (Phi) is 12.1. The number of alkyl halides is 1. The van der Waals surface area contributed by atoms with E-state index in [0.717, 1.165) is 54.2 Å². The number of amides is 1. The van der Waals surface area contributed by atoms with Crippen molar-refractivity contribution in [3.8, 4) is 17.2 Å². The zero-order chi connectivity index (χ0) is 27.2. The van der Waals surface area contributed by atoms with Crippen LogP contribution in [0.4, 0.5) is 4.39 Å². The molecule has 2 aromatic carbocycles. The molecule has 1 fully saturated rings. The first kappa shape index (κ1) is 29.2. The van der Waals surface area contributed by atoms with E-state index >= 15 is 0 Å². The van der Waals surface area contributed by atoms with E-state index in [2.05, 4.69) is 18.2 Å². The molecule has 0 radical (unpaired) electrons. The Morgan fingerprint density at radius 1 is 1.00 bits per heavy atom. The van der Waals surface area contributed by atoms with Crippen molar-refractivity contribution in [2.75, 3.05) is 13.7 Å². The molecule has 0 aliphatic heterocycles. The monoisotopic (exact) mass is 521 g/mol. The fourth-order valence-corrected chi connectivity index (χ4v) is 4.64. The first-order valence-electron chi connectivity index (χ1n) is 13.5. The van der Waals surface area contributed by atoms with Crippen molar-refractivity contribution in [3.05, 3.63) is 79.4 Å². The lowest BCUT2D eigenvalue weighted by Gasteiger charge is -2.13. The fraction of sp³-hybridized carbons (Fsp3) is 0.438. The van der Waals surface area contributed by atoms with E-state index in [0.29, 0.717) is 44.6 Å². The first-order valence-corrected chi connectivity index (χ1v) is 13.5. The normalized spacial score (nSPS) is 17.3. The molecule has 1 unspecified atom stereocenters. The van der Waals surface area contributed by atoms with Gasteiger partial charge in [-0.25, -0.2) is 9.38 Å². The molecule has 2 aromatic rings. The maximum atomic E-state index is 13.6. The average Bonchev–Trinajstić information content (AvgIpc) is 3.35. The van der Waals surface area contributed by atoms with Crippen LogP contribution in [-0.2, 0) is 11.2 Å². The summed E-state index contributed by atoms with van der Waals surface area (Å²) in [5.74, 6) is 2.54. The molecular formula is C32H40FNO4. The van der Waals surface area contributed by atoms with Crippen LogP contribution in [0.5, 0.6) is 17.2 Å². The summed E-state index contributed by atoms with van der Waals surface area (Å²) < 4.78 is 30.2. The molecule has 0 bridgehead atoms. The number of benzene rings is 2. The van der Waals surface area contributed by atoms with Crippen LogP contribution < -0.4 is 14.2 Å². The molecule has 1 saturated carbocycles. The topological polar surface area (TPSA) is 57.1 Å². The zero-order valence-corrected chi connectivity index (χ0v) is 22.4. The van der Waals surface area contributed by atoms with E-state index < -0.39 is 6.17 Å². The predicted octanol–water partition coefficient (Wildman–Crippen LogP) is 7.49. The third-order valence-corrected chi connectivity index (χ3v) is 6.77. The lowest BCUT2D eigenvalue weighted by atomic mass is 9.97. The van der Waals surface area contributed by atoms with Crippen LogP contribution in [0.1, 0.15) is 56.9 Å². The zero-order valence-electron chi connectivity index (χ0n) is 22.4. The van der Waals surface area contributed by atoms with Gasteiger partial charge in [0.1, 0.15) is 29.5 Å². The molecule has 3 rings (SSSR count). The highest BCUT2D eigenvalue weighted by molar-refractivity contribution is 5.96. The second kappa shape index (κ2) is 15.8. The highest BCUT2D eigenvalue weighted by atomic mass is 19.1. The Balaban J connectivity index is 1.54. The van der Waals surface area contributed by atoms with E-state index in [9.17, 15) is 9.18 Å². The van der Waals surface area contributed by atoms with Crippen molar-refractivity contribution in [2.24, 2.45) is 10.9 Å². The van der Waals surface area contributed by atoms with Gasteiger partial charge in [-0.1, -0.05) is 25.3 Å². The summed E-state index contributed by atoms with van der Waals surface area (Å²) in [6.07, 6.45) is 8.89. The van der Waals surface area contributed by atoms with Crippen LogP contribution in [0.2, 0.25) is 0 Å². The van der Waals surface area contributed by atoms with Crippen molar-refractivity contribution in [1.82, 2.24) is 0 Å². The van der Waals surface area contributed by atoms with Crippen molar-refractivity contribution in [1.29, 1.82) is 0 Å². The van der Waals surface area contributed by atoms with Crippen molar-refractivity contribution in [2.45, 2.75) is 70.1 Å². The van der Waals surface area contributed by atoms with E-state index in [4.69, 9.17) is 14.2 Å². The van der Waals surface area contributed by atoms with E-state index in [1.165, 1.54) is 0 Å². The number of carbonyl (C=O) groups excluding carboxylic acids is 1. The molecule has 0 spiro atoms. The van der Waals surface area contributed by atoms with Crippen LogP contribution in [0.15, 0.2) is 78.8 Å². The number of aliphatic imine (C=N–C) groups is 1. The minimum Gasteiger partial charge on any atom is -0.497 e. The fourth-order valence-electron chi connectivity index (χ4n) is 4.64. The number of hydrogen-bond donors (Lipinski definition) is 0.